The highest BCUT2D eigenvalue weighted by Crippen LogP contribution is 2.32. The second-order valence-corrected chi connectivity index (χ2v) is 5.97. The van der Waals surface area contributed by atoms with Gasteiger partial charge in [-0.2, -0.15) is 0 Å². The Bertz CT molecular complexity index is 789. The van der Waals surface area contributed by atoms with Crippen LogP contribution in [0, 0.1) is 6.92 Å². The largest absolute Gasteiger partial charge is 0.482 e. The van der Waals surface area contributed by atoms with Crippen molar-refractivity contribution in [2.75, 3.05) is 23.4 Å². The van der Waals surface area contributed by atoms with E-state index in [2.05, 4.69) is 15.5 Å². The molecular formula is C14H12N4O4S. The molecule has 0 unspecified atom stereocenters. The van der Waals surface area contributed by atoms with E-state index in [1.54, 1.807) is 19.1 Å². The molecule has 1 aliphatic heterocycles. The Balaban J connectivity index is 1.80. The van der Waals surface area contributed by atoms with Crippen molar-refractivity contribution >= 4 is 40.3 Å². The van der Waals surface area contributed by atoms with E-state index in [1.807, 2.05) is 0 Å². The Kier molecular flexibility index (Phi) is 4.02. The van der Waals surface area contributed by atoms with Crippen LogP contribution in [0.15, 0.2) is 18.2 Å². The van der Waals surface area contributed by atoms with Gasteiger partial charge in [-0.1, -0.05) is 11.3 Å². The summed E-state index contributed by atoms with van der Waals surface area (Å²) in [5.74, 6) is -0.308. The normalized spacial score (nSPS) is 13.3. The van der Waals surface area contributed by atoms with Gasteiger partial charge in [-0.15, -0.1) is 10.2 Å². The van der Waals surface area contributed by atoms with E-state index in [0.29, 0.717) is 28.4 Å². The van der Waals surface area contributed by atoms with Gasteiger partial charge in [0.25, 0.3) is 5.91 Å². The van der Waals surface area contributed by atoms with E-state index in [4.69, 9.17) is 4.74 Å². The first kappa shape index (κ1) is 15.1. The van der Waals surface area contributed by atoms with Crippen LogP contribution in [0.2, 0.25) is 0 Å². The number of hydrogen-bond acceptors (Lipinski definition) is 7. The zero-order valence-electron chi connectivity index (χ0n) is 12.1. The molecule has 0 aliphatic carbocycles. The number of carbonyl (C=O) groups excluding carboxylic acids is 3. The van der Waals surface area contributed by atoms with E-state index in [0.717, 1.165) is 5.01 Å². The molecule has 0 fully saturated rings. The summed E-state index contributed by atoms with van der Waals surface area (Å²) in [5.41, 5.74) is 0.793. The number of rotatable bonds is 4. The van der Waals surface area contributed by atoms with E-state index in [1.165, 1.54) is 22.3 Å². The van der Waals surface area contributed by atoms with Gasteiger partial charge >= 0.3 is 0 Å². The number of hydrogen-bond donors (Lipinski definition) is 1. The van der Waals surface area contributed by atoms with E-state index >= 15 is 0 Å². The Labute approximate surface area is 135 Å². The molecule has 0 bridgehead atoms. The van der Waals surface area contributed by atoms with Crippen molar-refractivity contribution in [2.45, 2.75) is 6.92 Å². The molecule has 1 aromatic heterocycles. The third-order valence-corrected chi connectivity index (χ3v) is 3.89. The summed E-state index contributed by atoms with van der Waals surface area (Å²) in [5, 5.41) is 11.3. The minimum Gasteiger partial charge on any atom is -0.482 e. The second kappa shape index (κ2) is 6.13. The number of benzene rings is 1. The van der Waals surface area contributed by atoms with Crippen LogP contribution in [0.4, 0.5) is 10.8 Å². The smallest absolute Gasteiger partial charge is 0.265 e. The molecule has 118 valence electrons. The van der Waals surface area contributed by atoms with Crippen LogP contribution in [0.1, 0.15) is 15.4 Å². The molecule has 2 heterocycles. The fourth-order valence-electron chi connectivity index (χ4n) is 2.12. The summed E-state index contributed by atoms with van der Waals surface area (Å²) in [6.45, 7) is 1.42. The quantitative estimate of drug-likeness (QED) is 0.839. The number of amides is 2. The molecule has 0 saturated heterocycles. The summed E-state index contributed by atoms with van der Waals surface area (Å²) in [6, 6.07) is 4.70. The monoisotopic (exact) mass is 332 g/mol. The standard InChI is InChI=1S/C14H12N4O4S/c1-8-16-17-14(23-8)15-12(20)5-18-10-4-9(6-19)2-3-11(10)22-7-13(18)21/h2-4,6H,5,7H2,1H3,(H,15,17,20). The summed E-state index contributed by atoms with van der Waals surface area (Å²) < 4.78 is 5.31. The summed E-state index contributed by atoms with van der Waals surface area (Å²) >= 11 is 1.24. The van der Waals surface area contributed by atoms with Gasteiger partial charge in [0.2, 0.25) is 11.0 Å². The Morgan fingerprint density at radius 3 is 3.00 bits per heavy atom. The molecule has 0 atom stereocenters. The zero-order valence-corrected chi connectivity index (χ0v) is 12.9. The average Bonchev–Trinajstić information content (AvgIpc) is 2.94. The lowest BCUT2D eigenvalue weighted by Gasteiger charge is -2.28. The highest BCUT2D eigenvalue weighted by atomic mass is 32.1. The molecule has 2 aromatic rings. The lowest BCUT2D eigenvalue weighted by molar-refractivity contribution is -0.123. The third kappa shape index (κ3) is 3.19. The van der Waals surface area contributed by atoms with Crippen molar-refractivity contribution in [1.82, 2.24) is 10.2 Å². The molecule has 23 heavy (non-hydrogen) atoms. The predicted octanol–water partition coefficient (Wildman–Crippen LogP) is 1.02. The Morgan fingerprint density at radius 2 is 2.30 bits per heavy atom. The second-order valence-electron chi connectivity index (χ2n) is 4.79. The minimum absolute atomic E-state index is 0.154. The molecule has 0 saturated carbocycles. The van der Waals surface area contributed by atoms with E-state index in [-0.39, 0.29) is 19.1 Å². The number of nitrogens with zero attached hydrogens (tertiary/aromatic N) is 3. The number of aryl methyl sites for hydroxylation is 1. The topological polar surface area (TPSA) is 101 Å². The summed E-state index contributed by atoms with van der Waals surface area (Å²) in [4.78, 5) is 36.4. The lowest BCUT2D eigenvalue weighted by Crippen LogP contribution is -2.43. The number of aromatic nitrogens is 2. The van der Waals surface area contributed by atoms with Gasteiger partial charge in [-0.3, -0.25) is 24.6 Å². The highest BCUT2D eigenvalue weighted by molar-refractivity contribution is 7.15. The van der Waals surface area contributed by atoms with Crippen molar-refractivity contribution in [3.8, 4) is 5.75 Å². The van der Waals surface area contributed by atoms with Crippen LogP contribution in [-0.2, 0) is 9.59 Å². The van der Waals surface area contributed by atoms with Crippen molar-refractivity contribution < 1.29 is 19.1 Å². The molecule has 0 radical (unpaired) electrons. The van der Waals surface area contributed by atoms with Crippen LogP contribution < -0.4 is 15.0 Å². The van der Waals surface area contributed by atoms with Crippen molar-refractivity contribution in [1.29, 1.82) is 0 Å². The van der Waals surface area contributed by atoms with Gasteiger partial charge in [0, 0.05) is 5.56 Å². The fourth-order valence-corrected chi connectivity index (χ4v) is 2.72. The van der Waals surface area contributed by atoms with Gasteiger partial charge in [0.05, 0.1) is 5.69 Å². The van der Waals surface area contributed by atoms with Crippen LogP contribution in [0.3, 0.4) is 0 Å². The number of aldehydes is 1. The van der Waals surface area contributed by atoms with Crippen LogP contribution in [-0.4, -0.2) is 41.4 Å². The van der Waals surface area contributed by atoms with Crippen molar-refractivity contribution in [3.63, 3.8) is 0 Å². The molecule has 1 aromatic carbocycles. The first-order valence-corrected chi connectivity index (χ1v) is 7.51. The molecule has 1 N–H and O–H groups in total. The average molecular weight is 332 g/mol. The van der Waals surface area contributed by atoms with Gasteiger partial charge < -0.3 is 4.74 Å². The van der Waals surface area contributed by atoms with Gasteiger partial charge in [-0.05, 0) is 25.1 Å². The minimum atomic E-state index is -0.404. The lowest BCUT2D eigenvalue weighted by atomic mass is 10.1. The van der Waals surface area contributed by atoms with E-state index in [9.17, 15) is 14.4 Å². The van der Waals surface area contributed by atoms with Gasteiger partial charge in [0.1, 0.15) is 23.6 Å². The molecule has 2 amide bonds. The number of fused-ring (bicyclic) bond motifs is 1. The van der Waals surface area contributed by atoms with Gasteiger partial charge in [0.15, 0.2) is 6.61 Å². The van der Waals surface area contributed by atoms with E-state index < -0.39 is 5.91 Å². The third-order valence-electron chi connectivity index (χ3n) is 3.14. The molecule has 0 spiro atoms. The fraction of sp³-hybridized carbons (Fsp3) is 0.214. The first-order chi connectivity index (χ1) is 11.1. The number of ether oxygens (including phenoxy) is 1. The van der Waals surface area contributed by atoms with Crippen molar-refractivity contribution in [2.24, 2.45) is 0 Å². The highest BCUT2D eigenvalue weighted by Gasteiger charge is 2.27. The summed E-state index contributed by atoms with van der Waals surface area (Å²) in [7, 11) is 0. The van der Waals surface area contributed by atoms with Crippen LogP contribution in [0.5, 0.6) is 5.75 Å². The molecule has 3 rings (SSSR count). The Morgan fingerprint density at radius 1 is 1.48 bits per heavy atom. The Hall–Kier alpha value is -2.81. The maximum absolute atomic E-state index is 12.1. The number of carbonyl (C=O) groups is 3. The zero-order chi connectivity index (χ0) is 16.4. The van der Waals surface area contributed by atoms with Crippen LogP contribution >= 0.6 is 11.3 Å². The predicted molar refractivity (Wildman–Crippen MR) is 83.0 cm³/mol. The van der Waals surface area contributed by atoms with Gasteiger partial charge in [-0.25, -0.2) is 0 Å². The maximum Gasteiger partial charge on any atom is 0.265 e. The molecule has 8 nitrogen and oxygen atoms in total. The number of anilines is 2. The van der Waals surface area contributed by atoms with Crippen LogP contribution in [0.25, 0.3) is 0 Å². The SMILES string of the molecule is Cc1nnc(NC(=O)CN2C(=O)COc3ccc(C=O)cc32)s1. The number of nitrogens with one attached hydrogen (secondary N) is 1. The summed E-state index contributed by atoms with van der Waals surface area (Å²) in [6.07, 6.45) is 0.668. The molecule has 9 heteroatoms. The molecule has 1 aliphatic rings. The van der Waals surface area contributed by atoms with Crippen molar-refractivity contribution in [3.05, 3.63) is 28.8 Å². The maximum atomic E-state index is 12.1. The first-order valence-electron chi connectivity index (χ1n) is 6.69. The molecular weight excluding hydrogens is 320 g/mol.